The Morgan fingerprint density at radius 1 is 1.09 bits per heavy atom. The first-order valence-electron chi connectivity index (χ1n) is 11.4. The summed E-state index contributed by atoms with van der Waals surface area (Å²) in [6.45, 7) is 8.42. The normalized spacial score (nSPS) is 17.4. The van der Waals surface area contributed by atoms with E-state index < -0.39 is 17.7 Å². The fraction of sp³-hybridized carbons (Fsp3) is 0.250. The molecule has 174 valence electrons. The van der Waals surface area contributed by atoms with Crippen molar-refractivity contribution in [2.24, 2.45) is 0 Å². The molecule has 1 fully saturated rings. The van der Waals surface area contributed by atoms with Crippen molar-refractivity contribution in [2.75, 3.05) is 11.5 Å². The number of ether oxygens (including phenoxy) is 1. The van der Waals surface area contributed by atoms with Gasteiger partial charge in [0.1, 0.15) is 17.6 Å². The van der Waals surface area contributed by atoms with Crippen molar-refractivity contribution >= 4 is 23.1 Å². The van der Waals surface area contributed by atoms with E-state index in [1.807, 2.05) is 52.0 Å². The lowest BCUT2D eigenvalue weighted by atomic mass is 9.94. The Bertz CT molecular complexity index is 1260. The third-order valence-corrected chi connectivity index (χ3v) is 5.90. The maximum Gasteiger partial charge on any atom is 0.300 e. The fourth-order valence-corrected chi connectivity index (χ4v) is 4.28. The highest BCUT2D eigenvalue weighted by molar-refractivity contribution is 6.51. The monoisotopic (exact) mass is 456 g/mol. The number of amides is 1. The Kier molecular flexibility index (Phi) is 6.50. The summed E-state index contributed by atoms with van der Waals surface area (Å²) in [5.41, 5.74) is 3.41. The highest BCUT2D eigenvalue weighted by atomic mass is 16.5. The molecular weight excluding hydrogens is 428 g/mol. The van der Waals surface area contributed by atoms with Crippen molar-refractivity contribution in [3.05, 3.63) is 94.8 Å². The van der Waals surface area contributed by atoms with E-state index in [1.165, 1.54) is 4.90 Å². The van der Waals surface area contributed by atoms with Gasteiger partial charge in [-0.3, -0.25) is 19.5 Å². The molecule has 1 saturated heterocycles. The Morgan fingerprint density at radius 3 is 2.53 bits per heavy atom. The molecule has 1 aliphatic rings. The molecule has 3 aromatic rings. The van der Waals surface area contributed by atoms with Gasteiger partial charge in [0.2, 0.25) is 0 Å². The topological polar surface area (TPSA) is 79.7 Å². The summed E-state index contributed by atoms with van der Waals surface area (Å²) in [6.07, 6.45) is 1.61. The van der Waals surface area contributed by atoms with Crippen LogP contribution in [0, 0.1) is 6.92 Å². The van der Waals surface area contributed by atoms with E-state index in [0.29, 0.717) is 23.6 Å². The van der Waals surface area contributed by atoms with Crippen LogP contribution in [0.1, 0.15) is 55.1 Å². The van der Waals surface area contributed by atoms with Gasteiger partial charge < -0.3 is 9.84 Å². The van der Waals surface area contributed by atoms with Gasteiger partial charge in [-0.2, -0.15) is 0 Å². The molecular formula is C28H28N2O4. The standard InChI is InChI=1S/C28H28N2O4/c1-5-34-23-13-12-19(16-21(23)17(2)3)26(31)24-25(22-11-6-7-14-29-22)30(28(33)27(24)32)20-10-8-9-18(4)15-20/h6-17,25,31H,5H2,1-4H3/b26-24-. The molecule has 6 nitrogen and oxygen atoms in total. The minimum atomic E-state index is -0.850. The smallest absolute Gasteiger partial charge is 0.300 e. The number of nitrogens with zero attached hydrogens (tertiary/aromatic N) is 2. The van der Waals surface area contributed by atoms with E-state index in [2.05, 4.69) is 4.98 Å². The number of aliphatic hydroxyl groups is 1. The first-order valence-corrected chi connectivity index (χ1v) is 11.4. The number of carbonyl (C=O) groups excluding carboxylic acids is 2. The van der Waals surface area contributed by atoms with Crippen molar-refractivity contribution in [1.82, 2.24) is 4.98 Å². The van der Waals surface area contributed by atoms with E-state index in [4.69, 9.17) is 4.74 Å². The minimum absolute atomic E-state index is 0.0177. The molecule has 6 heteroatoms. The summed E-state index contributed by atoms with van der Waals surface area (Å²) >= 11 is 0. The Balaban J connectivity index is 1.92. The van der Waals surface area contributed by atoms with Crippen LogP contribution < -0.4 is 9.64 Å². The average Bonchev–Trinajstić information content (AvgIpc) is 3.10. The predicted octanol–water partition coefficient (Wildman–Crippen LogP) is 5.54. The van der Waals surface area contributed by atoms with Gasteiger partial charge in [-0.1, -0.05) is 32.0 Å². The lowest BCUT2D eigenvalue weighted by Gasteiger charge is -2.25. The summed E-state index contributed by atoms with van der Waals surface area (Å²) in [4.78, 5) is 32.4. The Hall–Kier alpha value is -3.93. The van der Waals surface area contributed by atoms with Gasteiger partial charge in [0.15, 0.2) is 0 Å². The molecule has 1 amide bonds. The molecule has 0 saturated carbocycles. The number of anilines is 1. The number of ketones is 1. The molecule has 1 atom stereocenters. The molecule has 1 unspecified atom stereocenters. The maximum atomic E-state index is 13.3. The van der Waals surface area contributed by atoms with Gasteiger partial charge in [-0.25, -0.2) is 0 Å². The van der Waals surface area contributed by atoms with Gasteiger partial charge in [0, 0.05) is 17.4 Å². The lowest BCUT2D eigenvalue weighted by molar-refractivity contribution is -0.132. The van der Waals surface area contributed by atoms with Crippen LogP contribution in [-0.4, -0.2) is 28.4 Å². The van der Waals surface area contributed by atoms with Crippen LogP contribution in [0.5, 0.6) is 5.75 Å². The fourth-order valence-electron chi connectivity index (χ4n) is 4.28. The largest absolute Gasteiger partial charge is 0.507 e. The predicted molar refractivity (Wildman–Crippen MR) is 132 cm³/mol. The summed E-state index contributed by atoms with van der Waals surface area (Å²) in [5.74, 6) is -0.798. The lowest BCUT2D eigenvalue weighted by Crippen LogP contribution is -2.29. The molecule has 34 heavy (non-hydrogen) atoms. The summed E-state index contributed by atoms with van der Waals surface area (Å²) in [7, 11) is 0. The van der Waals surface area contributed by atoms with Gasteiger partial charge in [-0.15, -0.1) is 0 Å². The van der Waals surface area contributed by atoms with Crippen LogP contribution in [0.2, 0.25) is 0 Å². The number of hydrogen-bond acceptors (Lipinski definition) is 5. The number of hydrogen-bond donors (Lipinski definition) is 1. The van der Waals surface area contributed by atoms with Crippen molar-refractivity contribution in [2.45, 2.75) is 39.7 Å². The SMILES string of the molecule is CCOc1ccc(/C(O)=C2/C(=O)C(=O)N(c3cccc(C)c3)C2c2ccccn2)cc1C(C)C. The summed E-state index contributed by atoms with van der Waals surface area (Å²) < 4.78 is 5.74. The number of aromatic nitrogens is 1. The van der Waals surface area contributed by atoms with E-state index in [9.17, 15) is 14.7 Å². The molecule has 1 N–H and O–H groups in total. The summed E-state index contributed by atoms with van der Waals surface area (Å²) in [5, 5.41) is 11.4. The number of pyridine rings is 1. The first kappa shape index (κ1) is 23.2. The third-order valence-electron chi connectivity index (χ3n) is 5.90. The number of aryl methyl sites for hydroxylation is 1. The zero-order valence-corrected chi connectivity index (χ0v) is 19.8. The Morgan fingerprint density at radius 2 is 1.88 bits per heavy atom. The molecule has 1 aliphatic heterocycles. The zero-order valence-electron chi connectivity index (χ0n) is 19.8. The second kappa shape index (κ2) is 9.51. The van der Waals surface area contributed by atoms with E-state index in [1.54, 1.807) is 42.6 Å². The van der Waals surface area contributed by atoms with Crippen LogP contribution in [0.4, 0.5) is 5.69 Å². The minimum Gasteiger partial charge on any atom is -0.507 e. The highest BCUT2D eigenvalue weighted by Gasteiger charge is 2.47. The number of aliphatic hydroxyl groups excluding tert-OH is 1. The van der Waals surface area contributed by atoms with Gasteiger partial charge in [0.05, 0.1) is 17.9 Å². The quantitative estimate of drug-likeness (QED) is 0.299. The van der Waals surface area contributed by atoms with Gasteiger partial charge in [-0.05, 0) is 73.4 Å². The molecule has 1 aromatic heterocycles. The van der Waals surface area contributed by atoms with E-state index in [0.717, 1.165) is 16.9 Å². The molecule has 0 spiro atoms. The number of carbonyl (C=O) groups is 2. The van der Waals surface area contributed by atoms with Crippen LogP contribution >= 0.6 is 0 Å². The van der Waals surface area contributed by atoms with Crippen LogP contribution in [-0.2, 0) is 9.59 Å². The van der Waals surface area contributed by atoms with Crippen LogP contribution in [0.15, 0.2) is 72.4 Å². The Labute approximate surface area is 199 Å². The molecule has 0 bridgehead atoms. The van der Waals surface area contributed by atoms with Crippen LogP contribution in [0.3, 0.4) is 0 Å². The van der Waals surface area contributed by atoms with Crippen molar-refractivity contribution in [3.63, 3.8) is 0 Å². The molecule has 2 aromatic carbocycles. The van der Waals surface area contributed by atoms with Crippen molar-refractivity contribution in [1.29, 1.82) is 0 Å². The number of Topliss-reactive ketones (excluding diaryl/α,β-unsaturated/α-hetero) is 1. The maximum absolute atomic E-state index is 13.3. The molecule has 0 aliphatic carbocycles. The zero-order chi connectivity index (χ0) is 24.4. The molecule has 4 rings (SSSR count). The highest BCUT2D eigenvalue weighted by Crippen LogP contribution is 2.42. The average molecular weight is 457 g/mol. The summed E-state index contributed by atoms with van der Waals surface area (Å²) in [6, 6.07) is 17.2. The first-order chi connectivity index (χ1) is 16.3. The van der Waals surface area contributed by atoms with E-state index in [-0.39, 0.29) is 17.3 Å². The molecule has 0 radical (unpaired) electrons. The van der Waals surface area contributed by atoms with Crippen LogP contribution in [0.25, 0.3) is 5.76 Å². The second-order valence-electron chi connectivity index (χ2n) is 8.60. The molecule has 2 heterocycles. The number of rotatable bonds is 6. The number of benzene rings is 2. The van der Waals surface area contributed by atoms with E-state index >= 15 is 0 Å². The second-order valence-corrected chi connectivity index (χ2v) is 8.60. The van der Waals surface area contributed by atoms with Gasteiger partial charge >= 0.3 is 0 Å². The van der Waals surface area contributed by atoms with Crippen molar-refractivity contribution < 1.29 is 19.4 Å². The third kappa shape index (κ3) is 4.19. The van der Waals surface area contributed by atoms with Crippen molar-refractivity contribution in [3.8, 4) is 5.75 Å². The van der Waals surface area contributed by atoms with Gasteiger partial charge in [0.25, 0.3) is 11.7 Å².